The maximum Gasteiger partial charge on any atom is 0.137 e. The molecule has 2 unspecified atom stereocenters. The van der Waals surface area contributed by atoms with Gasteiger partial charge >= 0.3 is 0 Å². The van der Waals surface area contributed by atoms with Gasteiger partial charge in [0, 0.05) is 17.5 Å². The molecule has 0 heterocycles. The predicted molar refractivity (Wildman–Crippen MR) is 82.3 cm³/mol. The molecule has 0 fully saturated rings. The van der Waals surface area contributed by atoms with Gasteiger partial charge in [-0.25, -0.2) is 8.78 Å². The molecular weight excluding hydrogens is 364 g/mol. The summed E-state index contributed by atoms with van der Waals surface area (Å²) < 4.78 is 26.9. The molecule has 0 aliphatic rings. The van der Waals surface area contributed by atoms with Crippen molar-refractivity contribution in [1.29, 1.82) is 0 Å². The Morgan fingerprint density at radius 3 is 2.52 bits per heavy atom. The molecule has 0 aromatic heterocycles. The van der Waals surface area contributed by atoms with Crippen molar-refractivity contribution in [2.24, 2.45) is 5.73 Å². The maximum absolute atomic E-state index is 13.6. The number of hydrogen-bond donors (Lipinski definition) is 2. The Labute approximate surface area is 134 Å². The average Bonchev–Trinajstić information content (AvgIpc) is 2.44. The number of rotatable bonds is 4. The van der Waals surface area contributed by atoms with E-state index in [1.807, 2.05) is 0 Å². The predicted octanol–water partition coefficient (Wildman–Crippen LogP) is 4.16. The van der Waals surface area contributed by atoms with Gasteiger partial charge in [-0.1, -0.05) is 29.8 Å². The quantitative estimate of drug-likeness (QED) is 0.842. The molecular formula is C15H13BrClF2NO. The molecule has 112 valence electrons. The van der Waals surface area contributed by atoms with E-state index in [1.165, 1.54) is 24.3 Å². The molecule has 2 atom stereocenters. The van der Waals surface area contributed by atoms with E-state index in [1.54, 1.807) is 6.07 Å². The minimum absolute atomic E-state index is 0.0788. The van der Waals surface area contributed by atoms with Gasteiger partial charge in [-0.3, -0.25) is 0 Å². The first-order chi connectivity index (χ1) is 9.95. The minimum Gasteiger partial charge on any atom is -0.388 e. The summed E-state index contributed by atoms with van der Waals surface area (Å²) in [6, 6.07) is 8.26. The summed E-state index contributed by atoms with van der Waals surface area (Å²) in [4.78, 5) is 0. The van der Waals surface area contributed by atoms with Crippen LogP contribution in [0.3, 0.4) is 0 Å². The first kappa shape index (κ1) is 16.4. The molecule has 2 aromatic rings. The minimum atomic E-state index is -1.07. The zero-order valence-electron chi connectivity index (χ0n) is 10.9. The summed E-state index contributed by atoms with van der Waals surface area (Å²) >= 11 is 9.13. The third-order valence-corrected chi connectivity index (χ3v) is 4.46. The second kappa shape index (κ2) is 6.83. The van der Waals surface area contributed by atoms with Crippen molar-refractivity contribution in [3.63, 3.8) is 0 Å². The Hall–Kier alpha value is -1.01. The number of aliphatic hydroxyl groups excluding tert-OH is 1. The van der Waals surface area contributed by atoms with Crippen LogP contribution in [0.5, 0.6) is 0 Å². The lowest BCUT2D eigenvalue weighted by atomic mass is 9.89. The molecule has 0 amide bonds. The lowest BCUT2D eigenvalue weighted by Crippen LogP contribution is -2.21. The third kappa shape index (κ3) is 3.43. The number of benzene rings is 2. The van der Waals surface area contributed by atoms with Crippen LogP contribution in [0, 0.1) is 11.6 Å². The van der Waals surface area contributed by atoms with Crippen LogP contribution in [0.15, 0.2) is 40.9 Å². The molecule has 2 nitrogen and oxygen atoms in total. The lowest BCUT2D eigenvalue weighted by Gasteiger charge is -2.24. The van der Waals surface area contributed by atoms with Crippen molar-refractivity contribution in [3.05, 3.63) is 68.7 Å². The molecule has 21 heavy (non-hydrogen) atoms. The van der Waals surface area contributed by atoms with Gasteiger partial charge in [0.05, 0.1) is 10.6 Å². The maximum atomic E-state index is 13.6. The van der Waals surface area contributed by atoms with Gasteiger partial charge in [0.1, 0.15) is 11.6 Å². The molecule has 6 heteroatoms. The van der Waals surface area contributed by atoms with Crippen LogP contribution < -0.4 is 5.73 Å². The summed E-state index contributed by atoms with van der Waals surface area (Å²) in [6.07, 6.45) is -1.07. The summed E-state index contributed by atoms with van der Waals surface area (Å²) in [7, 11) is 0. The van der Waals surface area contributed by atoms with Crippen molar-refractivity contribution in [2.45, 2.75) is 12.0 Å². The molecule has 0 saturated carbocycles. The monoisotopic (exact) mass is 375 g/mol. The van der Waals surface area contributed by atoms with Gasteiger partial charge < -0.3 is 10.8 Å². The first-order valence-corrected chi connectivity index (χ1v) is 7.39. The van der Waals surface area contributed by atoms with E-state index in [4.69, 9.17) is 17.3 Å². The van der Waals surface area contributed by atoms with Crippen molar-refractivity contribution in [3.8, 4) is 0 Å². The zero-order chi connectivity index (χ0) is 15.6. The van der Waals surface area contributed by atoms with Crippen LogP contribution in [0.4, 0.5) is 8.78 Å². The van der Waals surface area contributed by atoms with Crippen molar-refractivity contribution in [2.75, 3.05) is 6.54 Å². The Bertz CT molecular complexity index is 654. The smallest absolute Gasteiger partial charge is 0.137 e. The highest BCUT2D eigenvalue weighted by Crippen LogP contribution is 2.37. The van der Waals surface area contributed by atoms with Gasteiger partial charge in [-0.2, -0.15) is 0 Å². The van der Waals surface area contributed by atoms with E-state index in [0.29, 0.717) is 11.1 Å². The highest BCUT2D eigenvalue weighted by atomic mass is 79.9. The molecule has 0 aliphatic heterocycles. The van der Waals surface area contributed by atoms with Gasteiger partial charge in [0.25, 0.3) is 0 Å². The number of nitrogens with two attached hydrogens (primary N) is 1. The number of halogens is 4. The van der Waals surface area contributed by atoms with Crippen LogP contribution in [-0.4, -0.2) is 11.7 Å². The molecule has 0 saturated heterocycles. The molecule has 0 aliphatic carbocycles. The van der Waals surface area contributed by atoms with Crippen molar-refractivity contribution >= 4 is 27.5 Å². The average molecular weight is 377 g/mol. The summed E-state index contributed by atoms with van der Waals surface area (Å²) in [5.41, 5.74) is 6.60. The number of aliphatic hydroxyl groups is 1. The van der Waals surface area contributed by atoms with E-state index >= 15 is 0 Å². The highest BCUT2D eigenvalue weighted by Gasteiger charge is 2.26. The zero-order valence-corrected chi connectivity index (χ0v) is 13.2. The third-order valence-electron chi connectivity index (χ3n) is 3.30. The van der Waals surface area contributed by atoms with Gasteiger partial charge in [0.15, 0.2) is 0 Å². The molecule has 3 N–H and O–H groups in total. The second-order valence-corrected chi connectivity index (χ2v) is 5.80. The molecule has 0 bridgehead atoms. The van der Waals surface area contributed by atoms with Gasteiger partial charge in [0.2, 0.25) is 0 Å². The molecule has 2 aromatic carbocycles. The summed E-state index contributed by atoms with van der Waals surface area (Å²) in [5.74, 6) is -1.52. The second-order valence-electron chi connectivity index (χ2n) is 4.60. The van der Waals surface area contributed by atoms with Crippen molar-refractivity contribution in [1.82, 2.24) is 0 Å². The highest BCUT2D eigenvalue weighted by molar-refractivity contribution is 9.10. The lowest BCUT2D eigenvalue weighted by molar-refractivity contribution is 0.146. The normalized spacial score (nSPS) is 14.0. The Morgan fingerprint density at radius 2 is 1.90 bits per heavy atom. The Balaban J connectivity index is 2.43. The first-order valence-electron chi connectivity index (χ1n) is 6.22. The number of hydrogen-bond acceptors (Lipinski definition) is 2. The largest absolute Gasteiger partial charge is 0.388 e. The van der Waals surface area contributed by atoms with E-state index in [-0.39, 0.29) is 16.0 Å². The van der Waals surface area contributed by atoms with Crippen LogP contribution >= 0.6 is 27.5 Å². The summed E-state index contributed by atoms with van der Waals surface area (Å²) in [5, 5.41) is 10.7. The van der Waals surface area contributed by atoms with Gasteiger partial charge in [-0.15, -0.1) is 0 Å². The topological polar surface area (TPSA) is 46.2 Å². The van der Waals surface area contributed by atoms with Crippen LogP contribution in [0.2, 0.25) is 5.02 Å². The van der Waals surface area contributed by atoms with Gasteiger partial charge in [-0.05, 0) is 45.3 Å². The molecule has 2 rings (SSSR count). The van der Waals surface area contributed by atoms with Crippen LogP contribution in [-0.2, 0) is 0 Å². The molecule has 0 radical (unpaired) electrons. The van der Waals surface area contributed by atoms with Crippen LogP contribution in [0.25, 0.3) is 0 Å². The Morgan fingerprint density at radius 1 is 1.19 bits per heavy atom. The fourth-order valence-corrected chi connectivity index (χ4v) is 3.00. The van der Waals surface area contributed by atoms with Crippen LogP contribution in [0.1, 0.15) is 23.1 Å². The summed E-state index contributed by atoms with van der Waals surface area (Å²) in [6.45, 7) is 0.0788. The van der Waals surface area contributed by atoms with E-state index in [9.17, 15) is 13.9 Å². The molecule has 0 spiro atoms. The fourth-order valence-electron chi connectivity index (χ4n) is 2.19. The van der Waals surface area contributed by atoms with E-state index < -0.39 is 23.7 Å². The van der Waals surface area contributed by atoms with E-state index in [0.717, 1.165) is 6.07 Å². The van der Waals surface area contributed by atoms with Crippen molar-refractivity contribution < 1.29 is 13.9 Å². The van der Waals surface area contributed by atoms with E-state index in [2.05, 4.69) is 15.9 Å². The Kier molecular flexibility index (Phi) is 5.32. The fraction of sp³-hybridized carbons (Fsp3) is 0.200. The standard InChI is InChI=1S/C15H13BrClF2NO/c16-14-10(2-1-3-13(14)19)15(21)11(7-20)9-5-4-8(18)6-12(9)17/h1-6,11,15,21H,7,20H2. The SMILES string of the molecule is NCC(c1ccc(F)cc1Cl)C(O)c1cccc(F)c1Br.